The van der Waals surface area contributed by atoms with E-state index in [4.69, 9.17) is 11.6 Å². The maximum Gasteiger partial charge on any atom is 0.264 e. The Balaban J connectivity index is 2.12. The van der Waals surface area contributed by atoms with Gasteiger partial charge in [-0.1, -0.05) is 60.1 Å². The summed E-state index contributed by atoms with van der Waals surface area (Å²) in [4.78, 5) is 0.264. The Bertz CT molecular complexity index is 926. The molecule has 0 radical (unpaired) electrons. The number of halogens is 1. The molecule has 0 amide bonds. The lowest BCUT2D eigenvalue weighted by Gasteiger charge is -2.31. The molecule has 3 nitrogen and oxygen atoms in total. The molecule has 0 aliphatic rings. The van der Waals surface area contributed by atoms with Crippen molar-refractivity contribution in [2.75, 3.05) is 4.31 Å². The van der Waals surface area contributed by atoms with Crippen molar-refractivity contribution in [1.29, 1.82) is 0 Å². The number of sulfonamides is 1. The normalized spacial score (nSPS) is 12.6. The molecule has 0 heterocycles. The van der Waals surface area contributed by atoms with E-state index in [-0.39, 0.29) is 10.9 Å². The first-order valence-corrected chi connectivity index (χ1v) is 9.72. The van der Waals surface area contributed by atoms with E-state index >= 15 is 0 Å². The second-order valence-corrected chi connectivity index (χ2v) is 7.93. The minimum absolute atomic E-state index is 0.264. The standard InChI is InChI=1S/C20H18ClNO2S/c1-16(17-12-14-18(21)15-13-17)22(19-8-4-2-5-9-19)25(23,24)20-10-6-3-7-11-20/h2-16H,1H3/t16-/m1/s1. The summed E-state index contributed by atoms with van der Waals surface area (Å²) < 4.78 is 28.1. The molecule has 0 unspecified atom stereocenters. The molecule has 0 bridgehead atoms. The molecule has 0 spiro atoms. The van der Waals surface area contributed by atoms with E-state index in [1.165, 1.54) is 4.31 Å². The zero-order valence-electron chi connectivity index (χ0n) is 13.7. The van der Waals surface area contributed by atoms with E-state index in [0.29, 0.717) is 10.7 Å². The van der Waals surface area contributed by atoms with Gasteiger partial charge < -0.3 is 0 Å². The summed E-state index contributed by atoms with van der Waals surface area (Å²) in [6.07, 6.45) is 0. The van der Waals surface area contributed by atoms with Crippen LogP contribution in [0.5, 0.6) is 0 Å². The van der Waals surface area contributed by atoms with Gasteiger partial charge in [0.05, 0.1) is 16.6 Å². The zero-order chi connectivity index (χ0) is 17.9. The molecule has 5 heteroatoms. The molecule has 3 aromatic carbocycles. The number of para-hydroxylation sites is 1. The monoisotopic (exact) mass is 371 g/mol. The van der Waals surface area contributed by atoms with Crippen molar-refractivity contribution < 1.29 is 8.42 Å². The van der Waals surface area contributed by atoms with Crippen molar-refractivity contribution in [3.63, 3.8) is 0 Å². The molecule has 0 aliphatic heterocycles. The van der Waals surface area contributed by atoms with Crippen LogP contribution < -0.4 is 4.31 Å². The van der Waals surface area contributed by atoms with Crippen LogP contribution in [-0.4, -0.2) is 8.42 Å². The summed E-state index contributed by atoms with van der Waals surface area (Å²) in [5, 5.41) is 0.619. The van der Waals surface area contributed by atoms with E-state index < -0.39 is 10.0 Å². The minimum Gasteiger partial charge on any atom is -0.259 e. The van der Waals surface area contributed by atoms with Gasteiger partial charge >= 0.3 is 0 Å². The lowest BCUT2D eigenvalue weighted by molar-refractivity contribution is 0.583. The van der Waals surface area contributed by atoms with Gasteiger partial charge in [0, 0.05) is 5.02 Å². The molecule has 0 N–H and O–H groups in total. The van der Waals surface area contributed by atoms with E-state index in [9.17, 15) is 8.42 Å². The van der Waals surface area contributed by atoms with Crippen LogP contribution in [-0.2, 0) is 10.0 Å². The van der Waals surface area contributed by atoms with Gasteiger partial charge in [0.1, 0.15) is 0 Å². The third-order valence-electron chi connectivity index (χ3n) is 4.01. The van der Waals surface area contributed by atoms with Gasteiger partial charge in [-0.2, -0.15) is 0 Å². The Kier molecular flexibility index (Phi) is 5.11. The van der Waals surface area contributed by atoms with E-state index in [1.807, 2.05) is 37.3 Å². The number of anilines is 1. The molecular formula is C20H18ClNO2S. The van der Waals surface area contributed by atoms with Crippen LogP contribution >= 0.6 is 11.6 Å². The molecule has 0 aromatic heterocycles. The lowest BCUT2D eigenvalue weighted by atomic mass is 10.1. The smallest absolute Gasteiger partial charge is 0.259 e. The van der Waals surface area contributed by atoms with Gasteiger partial charge in [0.15, 0.2) is 0 Å². The highest BCUT2D eigenvalue weighted by Gasteiger charge is 2.30. The quantitative estimate of drug-likeness (QED) is 0.610. The Morgan fingerprint density at radius 3 is 1.88 bits per heavy atom. The number of rotatable bonds is 5. The largest absolute Gasteiger partial charge is 0.264 e. The summed E-state index contributed by atoms with van der Waals surface area (Å²) in [7, 11) is -3.71. The predicted octanol–water partition coefficient (Wildman–Crippen LogP) is 5.30. The van der Waals surface area contributed by atoms with Crippen LogP contribution in [0.4, 0.5) is 5.69 Å². The van der Waals surface area contributed by atoms with Crippen molar-refractivity contribution in [2.45, 2.75) is 17.9 Å². The summed E-state index contributed by atoms with van der Waals surface area (Å²) in [5.41, 5.74) is 1.49. The van der Waals surface area contributed by atoms with Crippen LogP contribution in [0.15, 0.2) is 89.8 Å². The highest BCUT2D eigenvalue weighted by atomic mass is 35.5. The van der Waals surface area contributed by atoms with Crippen molar-refractivity contribution in [3.8, 4) is 0 Å². The van der Waals surface area contributed by atoms with Crippen LogP contribution in [0.1, 0.15) is 18.5 Å². The zero-order valence-corrected chi connectivity index (χ0v) is 15.3. The summed E-state index contributed by atoms with van der Waals surface area (Å²) in [5.74, 6) is 0. The molecule has 3 aromatic rings. The first-order valence-electron chi connectivity index (χ1n) is 7.90. The van der Waals surface area contributed by atoms with E-state index in [2.05, 4.69) is 0 Å². The molecule has 0 saturated carbocycles. The number of hydrogen-bond donors (Lipinski definition) is 0. The molecule has 1 atom stereocenters. The van der Waals surface area contributed by atoms with Gasteiger partial charge in [-0.15, -0.1) is 0 Å². The molecule has 0 fully saturated rings. The van der Waals surface area contributed by atoms with Crippen LogP contribution in [0.2, 0.25) is 5.02 Å². The average Bonchev–Trinajstić information content (AvgIpc) is 2.64. The summed E-state index contributed by atoms with van der Waals surface area (Å²) in [6.45, 7) is 1.87. The summed E-state index contributed by atoms with van der Waals surface area (Å²) >= 11 is 5.97. The number of nitrogens with zero attached hydrogens (tertiary/aromatic N) is 1. The number of benzene rings is 3. The molecule has 0 aliphatic carbocycles. The van der Waals surface area contributed by atoms with Crippen molar-refractivity contribution in [3.05, 3.63) is 95.5 Å². The minimum atomic E-state index is -3.71. The second-order valence-electron chi connectivity index (χ2n) is 5.68. The molecular weight excluding hydrogens is 354 g/mol. The fourth-order valence-electron chi connectivity index (χ4n) is 2.73. The molecule has 128 valence electrons. The van der Waals surface area contributed by atoms with Gasteiger partial charge in [-0.25, -0.2) is 8.42 Å². The summed E-state index contributed by atoms with van der Waals surface area (Å²) in [6, 6.07) is 24.5. The average molecular weight is 372 g/mol. The fraction of sp³-hybridized carbons (Fsp3) is 0.100. The number of hydrogen-bond acceptors (Lipinski definition) is 2. The third kappa shape index (κ3) is 3.70. The van der Waals surface area contributed by atoms with Gasteiger partial charge in [-0.3, -0.25) is 4.31 Å². The topological polar surface area (TPSA) is 37.4 Å². The van der Waals surface area contributed by atoms with E-state index in [0.717, 1.165) is 5.56 Å². The Morgan fingerprint density at radius 2 is 1.32 bits per heavy atom. The van der Waals surface area contributed by atoms with Gasteiger partial charge in [-0.05, 0) is 48.9 Å². The Hall–Kier alpha value is -2.30. The highest BCUT2D eigenvalue weighted by Crippen LogP contribution is 2.33. The maximum atomic E-state index is 13.3. The maximum absolute atomic E-state index is 13.3. The molecule has 25 heavy (non-hydrogen) atoms. The lowest BCUT2D eigenvalue weighted by Crippen LogP contribution is -2.33. The van der Waals surface area contributed by atoms with Crippen molar-refractivity contribution in [1.82, 2.24) is 0 Å². The van der Waals surface area contributed by atoms with Crippen LogP contribution in [0.3, 0.4) is 0 Å². The molecule has 3 rings (SSSR count). The van der Waals surface area contributed by atoms with Crippen molar-refractivity contribution in [2.24, 2.45) is 0 Å². The van der Waals surface area contributed by atoms with Crippen molar-refractivity contribution >= 4 is 27.3 Å². The van der Waals surface area contributed by atoms with Crippen LogP contribution in [0, 0.1) is 0 Å². The predicted molar refractivity (Wildman–Crippen MR) is 102 cm³/mol. The van der Waals surface area contributed by atoms with Gasteiger partial charge in [0.2, 0.25) is 0 Å². The van der Waals surface area contributed by atoms with Crippen LogP contribution in [0.25, 0.3) is 0 Å². The Morgan fingerprint density at radius 1 is 0.800 bits per heavy atom. The SMILES string of the molecule is C[C@H](c1ccc(Cl)cc1)N(c1ccccc1)S(=O)(=O)c1ccccc1. The first-order chi connectivity index (χ1) is 12.0. The highest BCUT2D eigenvalue weighted by molar-refractivity contribution is 7.92. The molecule has 0 saturated heterocycles. The third-order valence-corrected chi connectivity index (χ3v) is 6.18. The fourth-order valence-corrected chi connectivity index (χ4v) is 4.52. The first kappa shape index (κ1) is 17.5. The second kappa shape index (κ2) is 7.30. The Labute approximate surface area is 153 Å². The van der Waals surface area contributed by atoms with E-state index in [1.54, 1.807) is 54.6 Å². The van der Waals surface area contributed by atoms with Gasteiger partial charge in [0.25, 0.3) is 10.0 Å².